The number of para-hydroxylation sites is 1. The van der Waals surface area contributed by atoms with Crippen LogP contribution < -0.4 is 10.9 Å². The second-order valence-corrected chi connectivity index (χ2v) is 5.89. The summed E-state index contributed by atoms with van der Waals surface area (Å²) in [7, 11) is 0. The summed E-state index contributed by atoms with van der Waals surface area (Å²) in [6.45, 7) is 1.41. The summed E-state index contributed by atoms with van der Waals surface area (Å²) in [5.74, 6) is 1.67. The molecule has 0 saturated carbocycles. The van der Waals surface area contributed by atoms with Crippen molar-refractivity contribution < 1.29 is 4.79 Å². The number of hydrogen-bond acceptors (Lipinski definition) is 4. The van der Waals surface area contributed by atoms with E-state index < -0.39 is 0 Å². The predicted molar refractivity (Wildman–Crippen MR) is 88.9 cm³/mol. The van der Waals surface area contributed by atoms with Crippen LogP contribution in [-0.4, -0.2) is 32.2 Å². The quantitative estimate of drug-likeness (QED) is 0.750. The maximum Gasteiger partial charge on any atom is 0.252 e. The van der Waals surface area contributed by atoms with E-state index in [1.54, 1.807) is 6.07 Å². The van der Waals surface area contributed by atoms with Gasteiger partial charge in [-0.15, -0.1) is 10.2 Å². The molecule has 3 aromatic rings. The summed E-state index contributed by atoms with van der Waals surface area (Å²) >= 11 is 0. The highest BCUT2D eigenvalue weighted by atomic mass is 16.2. The van der Waals surface area contributed by atoms with E-state index in [2.05, 4.69) is 25.1 Å². The highest BCUT2D eigenvalue weighted by molar-refractivity contribution is 6.05. The lowest BCUT2D eigenvalue weighted by molar-refractivity contribution is 0.0955. The first kappa shape index (κ1) is 14.6. The van der Waals surface area contributed by atoms with Crippen molar-refractivity contribution in [3.8, 4) is 0 Å². The molecule has 4 rings (SSSR count). The number of carbonyl (C=O) groups is 1. The number of aromatic nitrogens is 4. The van der Waals surface area contributed by atoms with Crippen LogP contribution in [-0.2, 0) is 19.4 Å². The van der Waals surface area contributed by atoms with Gasteiger partial charge in [-0.25, -0.2) is 0 Å². The number of aryl methyl sites for hydroxylation is 1. The lowest BCUT2D eigenvalue weighted by Crippen LogP contribution is -2.27. The van der Waals surface area contributed by atoms with Crippen molar-refractivity contribution in [3.05, 3.63) is 57.9 Å². The number of benzene rings is 1. The molecule has 1 aliphatic heterocycles. The lowest BCUT2D eigenvalue weighted by Gasteiger charge is -2.08. The van der Waals surface area contributed by atoms with Crippen molar-refractivity contribution in [2.45, 2.75) is 25.8 Å². The van der Waals surface area contributed by atoms with Gasteiger partial charge in [0.05, 0.1) is 5.56 Å². The van der Waals surface area contributed by atoms with Crippen molar-refractivity contribution >= 4 is 16.8 Å². The Bertz CT molecular complexity index is 973. The van der Waals surface area contributed by atoms with Gasteiger partial charge in [0.15, 0.2) is 0 Å². The summed E-state index contributed by atoms with van der Waals surface area (Å²) in [5, 5.41) is 11.9. The molecule has 2 N–H and O–H groups in total. The third kappa shape index (κ3) is 2.58. The molecule has 0 spiro atoms. The van der Waals surface area contributed by atoms with E-state index in [0.29, 0.717) is 24.0 Å². The predicted octanol–water partition coefficient (Wildman–Crippen LogP) is 1.04. The van der Waals surface area contributed by atoms with E-state index in [-0.39, 0.29) is 11.5 Å². The fraction of sp³-hybridized carbons (Fsp3) is 0.294. The summed E-state index contributed by atoms with van der Waals surface area (Å²) < 4.78 is 2.12. The number of rotatable bonds is 4. The molecule has 2 aromatic heterocycles. The molecule has 1 aromatic carbocycles. The molecule has 0 atom stereocenters. The van der Waals surface area contributed by atoms with Gasteiger partial charge in [-0.2, -0.15) is 0 Å². The zero-order valence-corrected chi connectivity index (χ0v) is 13.1. The van der Waals surface area contributed by atoms with Crippen LogP contribution in [0.15, 0.2) is 35.1 Å². The molecule has 24 heavy (non-hydrogen) atoms. The normalized spacial score (nSPS) is 13.2. The number of aromatic amines is 1. The number of hydrogen-bond donors (Lipinski definition) is 2. The molecular weight excluding hydrogens is 306 g/mol. The number of nitrogens with one attached hydrogen (secondary N) is 2. The maximum atomic E-state index is 12.5. The van der Waals surface area contributed by atoms with Crippen LogP contribution in [0.1, 0.15) is 28.4 Å². The Hall–Kier alpha value is -2.96. The second kappa shape index (κ2) is 5.92. The van der Waals surface area contributed by atoms with E-state index in [4.69, 9.17) is 0 Å². The standard InChI is InChI=1S/C17H17N5O2/c23-16-10-12(11-4-1-2-5-13(11)19-16)17(24)18-8-7-15-21-20-14-6-3-9-22(14)15/h1-2,4-5,10H,3,6-9H2,(H,18,24)(H,19,23). The first-order valence-corrected chi connectivity index (χ1v) is 8.03. The van der Waals surface area contributed by atoms with Gasteiger partial charge in [0.2, 0.25) is 5.56 Å². The average Bonchev–Trinajstić information content (AvgIpc) is 3.18. The van der Waals surface area contributed by atoms with Gasteiger partial charge in [0, 0.05) is 42.9 Å². The molecule has 3 heterocycles. The highest BCUT2D eigenvalue weighted by Crippen LogP contribution is 2.15. The SMILES string of the molecule is O=C(NCCc1nnc2n1CCC2)c1cc(=O)[nH]c2ccccc12. The van der Waals surface area contributed by atoms with Crippen molar-refractivity contribution in [1.82, 2.24) is 25.1 Å². The highest BCUT2D eigenvalue weighted by Gasteiger charge is 2.17. The number of nitrogens with zero attached hydrogens (tertiary/aromatic N) is 3. The van der Waals surface area contributed by atoms with Crippen molar-refractivity contribution in [2.75, 3.05) is 6.54 Å². The molecule has 0 aliphatic carbocycles. The Morgan fingerprint density at radius 2 is 2.17 bits per heavy atom. The number of fused-ring (bicyclic) bond motifs is 2. The lowest BCUT2D eigenvalue weighted by atomic mass is 10.1. The minimum absolute atomic E-state index is 0.251. The molecule has 7 heteroatoms. The van der Waals surface area contributed by atoms with Crippen LogP contribution in [0, 0.1) is 0 Å². The van der Waals surface area contributed by atoms with Crippen LogP contribution in [0.3, 0.4) is 0 Å². The monoisotopic (exact) mass is 323 g/mol. The van der Waals surface area contributed by atoms with Gasteiger partial charge in [0.25, 0.3) is 5.91 Å². The largest absolute Gasteiger partial charge is 0.352 e. The molecule has 0 unspecified atom stereocenters. The number of pyridine rings is 1. The summed E-state index contributed by atoms with van der Waals surface area (Å²) in [5.41, 5.74) is 0.764. The van der Waals surface area contributed by atoms with Crippen molar-refractivity contribution in [3.63, 3.8) is 0 Å². The van der Waals surface area contributed by atoms with Crippen molar-refractivity contribution in [1.29, 1.82) is 0 Å². The van der Waals surface area contributed by atoms with E-state index in [1.165, 1.54) is 6.07 Å². The van der Waals surface area contributed by atoms with Crippen LogP contribution >= 0.6 is 0 Å². The van der Waals surface area contributed by atoms with Crippen LogP contribution in [0.2, 0.25) is 0 Å². The van der Waals surface area contributed by atoms with Gasteiger partial charge in [-0.3, -0.25) is 9.59 Å². The molecule has 122 valence electrons. The first-order valence-electron chi connectivity index (χ1n) is 8.03. The van der Waals surface area contributed by atoms with Crippen LogP contribution in [0.5, 0.6) is 0 Å². The molecule has 1 amide bonds. The Morgan fingerprint density at radius 1 is 1.29 bits per heavy atom. The Kier molecular flexibility index (Phi) is 3.60. The minimum Gasteiger partial charge on any atom is -0.352 e. The summed E-state index contributed by atoms with van der Waals surface area (Å²) in [4.78, 5) is 26.9. The van der Waals surface area contributed by atoms with E-state index in [9.17, 15) is 9.59 Å². The second-order valence-electron chi connectivity index (χ2n) is 5.89. The molecule has 0 radical (unpaired) electrons. The molecule has 0 fully saturated rings. The topological polar surface area (TPSA) is 92.7 Å². The van der Waals surface area contributed by atoms with Gasteiger partial charge in [-0.05, 0) is 12.5 Å². The maximum absolute atomic E-state index is 12.5. The van der Waals surface area contributed by atoms with E-state index >= 15 is 0 Å². The zero-order chi connectivity index (χ0) is 16.5. The zero-order valence-electron chi connectivity index (χ0n) is 13.1. The summed E-state index contributed by atoms with van der Waals surface area (Å²) in [6, 6.07) is 8.62. The minimum atomic E-state index is -0.283. The summed E-state index contributed by atoms with van der Waals surface area (Å²) in [6.07, 6.45) is 2.70. The number of amides is 1. The van der Waals surface area contributed by atoms with E-state index in [1.807, 2.05) is 18.2 Å². The number of H-pyrrole nitrogens is 1. The molecular formula is C17H17N5O2. The fourth-order valence-corrected chi connectivity index (χ4v) is 3.17. The van der Waals surface area contributed by atoms with Crippen LogP contribution in [0.4, 0.5) is 0 Å². The Balaban J connectivity index is 1.49. The smallest absolute Gasteiger partial charge is 0.252 e. The fourth-order valence-electron chi connectivity index (χ4n) is 3.17. The van der Waals surface area contributed by atoms with Gasteiger partial charge < -0.3 is 14.9 Å². The number of carbonyl (C=O) groups excluding carboxylic acids is 1. The Labute approximate surface area is 137 Å². The van der Waals surface area contributed by atoms with Gasteiger partial charge in [0.1, 0.15) is 11.6 Å². The molecule has 1 aliphatic rings. The van der Waals surface area contributed by atoms with E-state index in [0.717, 1.165) is 36.4 Å². The first-order chi connectivity index (χ1) is 11.7. The molecule has 0 bridgehead atoms. The van der Waals surface area contributed by atoms with Gasteiger partial charge in [-0.1, -0.05) is 18.2 Å². The Morgan fingerprint density at radius 3 is 3.08 bits per heavy atom. The average molecular weight is 323 g/mol. The third-order valence-electron chi connectivity index (χ3n) is 4.32. The van der Waals surface area contributed by atoms with Crippen molar-refractivity contribution in [2.24, 2.45) is 0 Å². The van der Waals surface area contributed by atoms with Gasteiger partial charge >= 0.3 is 0 Å². The van der Waals surface area contributed by atoms with Crippen LogP contribution in [0.25, 0.3) is 10.9 Å². The molecule has 7 nitrogen and oxygen atoms in total. The third-order valence-corrected chi connectivity index (χ3v) is 4.32. The molecule has 0 saturated heterocycles.